The molecule has 2 heterocycles. The van der Waals surface area contributed by atoms with Crippen molar-refractivity contribution in [3.05, 3.63) is 72.4 Å². The topological polar surface area (TPSA) is 79.6 Å². The zero-order valence-electron chi connectivity index (χ0n) is 14.1. The van der Waals surface area contributed by atoms with Crippen LogP contribution in [-0.4, -0.2) is 20.9 Å². The molecule has 138 valence electrons. The minimum Gasteiger partial charge on any atom is -0.467 e. The van der Waals surface area contributed by atoms with E-state index in [0.29, 0.717) is 16.9 Å². The average Bonchev–Trinajstić information content (AvgIpc) is 3.17. The van der Waals surface area contributed by atoms with Gasteiger partial charge in [0.05, 0.1) is 23.4 Å². The molecular formula is C19H15FN2O4S. The van der Waals surface area contributed by atoms with Gasteiger partial charge in [0.1, 0.15) is 18.1 Å². The first-order valence-corrected chi connectivity index (χ1v) is 9.61. The normalized spacial score (nSPS) is 14.3. The third-order valence-corrected chi connectivity index (χ3v) is 6.12. The van der Waals surface area contributed by atoms with Gasteiger partial charge in [-0.3, -0.25) is 9.10 Å². The van der Waals surface area contributed by atoms with E-state index in [1.807, 2.05) is 0 Å². The second kappa shape index (κ2) is 6.55. The fraction of sp³-hybridized carbons (Fsp3) is 0.105. The fourth-order valence-corrected chi connectivity index (χ4v) is 4.71. The molecule has 0 spiro atoms. The second-order valence-corrected chi connectivity index (χ2v) is 7.86. The summed E-state index contributed by atoms with van der Waals surface area (Å²) in [5, 5.41) is 2.62. The van der Waals surface area contributed by atoms with E-state index in [0.717, 1.165) is 4.31 Å². The Morgan fingerprint density at radius 1 is 1.07 bits per heavy atom. The van der Waals surface area contributed by atoms with Crippen LogP contribution in [0.5, 0.6) is 0 Å². The maximum Gasteiger partial charge on any atom is 0.265 e. The molecule has 1 aromatic heterocycles. The molecule has 4 rings (SSSR count). The average molecular weight is 386 g/mol. The Bertz CT molecular complexity index is 1110. The summed E-state index contributed by atoms with van der Waals surface area (Å²) >= 11 is 0. The van der Waals surface area contributed by atoms with Crippen molar-refractivity contribution in [2.45, 2.75) is 11.4 Å². The van der Waals surface area contributed by atoms with Gasteiger partial charge >= 0.3 is 0 Å². The highest BCUT2D eigenvalue weighted by molar-refractivity contribution is 7.93. The number of carbonyl (C=O) groups is 1. The van der Waals surface area contributed by atoms with Crippen LogP contribution in [0.1, 0.15) is 5.76 Å². The van der Waals surface area contributed by atoms with Crippen molar-refractivity contribution in [3.8, 4) is 11.1 Å². The lowest BCUT2D eigenvalue weighted by Crippen LogP contribution is -2.42. The van der Waals surface area contributed by atoms with Crippen LogP contribution in [0.3, 0.4) is 0 Å². The summed E-state index contributed by atoms with van der Waals surface area (Å²) in [5.41, 5.74) is 1.11. The quantitative estimate of drug-likeness (QED) is 0.748. The minimum absolute atomic E-state index is 0.0435. The van der Waals surface area contributed by atoms with E-state index in [1.54, 1.807) is 30.3 Å². The summed E-state index contributed by atoms with van der Waals surface area (Å²) in [4.78, 5) is 12.4. The molecule has 1 N–H and O–H groups in total. The highest BCUT2D eigenvalue weighted by atomic mass is 32.2. The van der Waals surface area contributed by atoms with Crippen molar-refractivity contribution in [3.63, 3.8) is 0 Å². The molecule has 0 radical (unpaired) electrons. The number of amides is 1. The first kappa shape index (κ1) is 17.3. The minimum atomic E-state index is -3.95. The monoisotopic (exact) mass is 386 g/mol. The summed E-state index contributed by atoms with van der Waals surface area (Å²) in [7, 11) is -3.95. The van der Waals surface area contributed by atoms with Gasteiger partial charge in [0.15, 0.2) is 0 Å². The molecule has 1 amide bonds. The predicted molar refractivity (Wildman–Crippen MR) is 96.9 cm³/mol. The van der Waals surface area contributed by atoms with E-state index < -0.39 is 28.3 Å². The third kappa shape index (κ3) is 3.08. The van der Waals surface area contributed by atoms with Gasteiger partial charge < -0.3 is 9.73 Å². The van der Waals surface area contributed by atoms with Crippen LogP contribution in [0, 0.1) is 5.82 Å². The zero-order valence-corrected chi connectivity index (χ0v) is 14.9. The van der Waals surface area contributed by atoms with Crippen LogP contribution in [0.25, 0.3) is 11.1 Å². The van der Waals surface area contributed by atoms with Crippen molar-refractivity contribution in [2.24, 2.45) is 0 Å². The molecule has 27 heavy (non-hydrogen) atoms. The van der Waals surface area contributed by atoms with E-state index in [4.69, 9.17) is 4.42 Å². The summed E-state index contributed by atoms with van der Waals surface area (Å²) < 4.78 is 46.0. The Morgan fingerprint density at radius 2 is 1.89 bits per heavy atom. The summed E-state index contributed by atoms with van der Waals surface area (Å²) in [6.45, 7) is -0.275. The molecule has 8 heteroatoms. The first-order valence-electron chi connectivity index (χ1n) is 8.17. The molecule has 0 atom stereocenters. The maximum absolute atomic E-state index is 13.8. The fourth-order valence-electron chi connectivity index (χ4n) is 3.06. The lowest BCUT2D eigenvalue weighted by Gasteiger charge is -2.31. The van der Waals surface area contributed by atoms with Gasteiger partial charge in [-0.2, -0.15) is 0 Å². The molecule has 0 unspecified atom stereocenters. The smallest absolute Gasteiger partial charge is 0.265 e. The molecule has 3 aromatic rings. The van der Waals surface area contributed by atoms with E-state index in [1.165, 1.54) is 30.5 Å². The molecule has 1 aliphatic heterocycles. The SMILES string of the molecule is O=C(CN1c2ccc(F)cc2-c2ccccc2S1(=O)=O)NCc1ccco1. The second-order valence-electron chi connectivity index (χ2n) is 6.03. The molecule has 0 fully saturated rings. The Morgan fingerprint density at radius 3 is 2.67 bits per heavy atom. The Balaban J connectivity index is 1.69. The number of sulfonamides is 1. The van der Waals surface area contributed by atoms with Gasteiger partial charge in [0, 0.05) is 11.1 Å². The van der Waals surface area contributed by atoms with Crippen LogP contribution in [-0.2, 0) is 21.4 Å². The lowest BCUT2D eigenvalue weighted by atomic mass is 10.0. The summed E-state index contributed by atoms with van der Waals surface area (Å²) in [6, 6.07) is 13.6. The van der Waals surface area contributed by atoms with Crippen molar-refractivity contribution in [1.82, 2.24) is 5.32 Å². The highest BCUT2D eigenvalue weighted by Gasteiger charge is 2.36. The van der Waals surface area contributed by atoms with Gasteiger partial charge in [-0.1, -0.05) is 18.2 Å². The van der Waals surface area contributed by atoms with Crippen LogP contribution < -0.4 is 9.62 Å². The van der Waals surface area contributed by atoms with Gasteiger partial charge in [-0.25, -0.2) is 12.8 Å². The number of nitrogens with one attached hydrogen (secondary N) is 1. The van der Waals surface area contributed by atoms with E-state index in [-0.39, 0.29) is 17.1 Å². The standard InChI is InChI=1S/C19H15FN2O4S/c20-13-7-8-17-16(10-13)15-5-1-2-6-18(15)27(24,25)22(17)12-19(23)21-11-14-4-3-9-26-14/h1-10H,11-12H2,(H,21,23). The van der Waals surface area contributed by atoms with Gasteiger partial charge in [-0.05, 0) is 36.4 Å². The number of rotatable bonds is 4. The van der Waals surface area contributed by atoms with E-state index in [2.05, 4.69) is 5.32 Å². The summed E-state index contributed by atoms with van der Waals surface area (Å²) in [5.74, 6) is -0.424. The van der Waals surface area contributed by atoms with Crippen molar-refractivity contribution in [1.29, 1.82) is 0 Å². The molecule has 2 aromatic carbocycles. The Labute approximate surface area is 155 Å². The number of halogens is 1. The number of carbonyl (C=O) groups excluding carboxylic acids is 1. The molecule has 6 nitrogen and oxygen atoms in total. The van der Waals surface area contributed by atoms with Crippen molar-refractivity contribution < 1.29 is 22.0 Å². The zero-order chi connectivity index (χ0) is 19.0. The van der Waals surface area contributed by atoms with Crippen LogP contribution in [0.15, 0.2) is 70.2 Å². The molecule has 0 bridgehead atoms. The number of anilines is 1. The highest BCUT2D eigenvalue weighted by Crippen LogP contribution is 2.42. The molecular weight excluding hydrogens is 371 g/mol. The predicted octanol–water partition coefficient (Wildman–Crippen LogP) is 2.91. The van der Waals surface area contributed by atoms with Gasteiger partial charge in [0.2, 0.25) is 5.91 Å². The van der Waals surface area contributed by atoms with E-state index in [9.17, 15) is 17.6 Å². The number of benzene rings is 2. The number of furan rings is 1. The van der Waals surface area contributed by atoms with Gasteiger partial charge in [0.25, 0.3) is 10.0 Å². The first-order chi connectivity index (χ1) is 13.0. The molecule has 0 aliphatic carbocycles. The number of nitrogens with zero attached hydrogens (tertiary/aromatic N) is 1. The number of fused-ring (bicyclic) bond motifs is 3. The van der Waals surface area contributed by atoms with E-state index >= 15 is 0 Å². The van der Waals surface area contributed by atoms with Crippen molar-refractivity contribution >= 4 is 21.6 Å². The van der Waals surface area contributed by atoms with Crippen LogP contribution in [0.4, 0.5) is 10.1 Å². The van der Waals surface area contributed by atoms with Crippen LogP contribution in [0.2, 0.25) is 0 Å². The lowest BCUT2D eigenvalue weighted by molar-refractivity contribution is -0.119. The molecule has 0 saturated heterocycles. The maximum atomic E-state index is 13.8. The van der Waals surface area contributed by atoms with Gasteiger partial charge in [-0.15, -0.1) is 0 Å². The number of hydrogen-bond donors (Lipinski definition) is 1. The molecule has 0 saturated carbocycles. The number of hydrogen-bond acceptors (Lipinski definition) is 4. The van der Waals surface area contributed by atoms with Crippen LogP contribution >= 0.6 is 0 Å². The largest absolute Gasteiger partial charge is 0.467 e. The van der Waals surface area contributed by atoms with Crippen molar-refractivity contribution in [2.75, 3.05) is 10.8 Å². The Kier molecular flexibility index (Phi) is 4.19. The molecule has 1 aliphatic rings. The Hall–Kier alpha value is -3.13. The summed E-state index contributed by atoms with van der Waals surface area (Å²) in [6.07, 6.45) is 1.48. The third-order valence-electron chi connectivity index (χ3n) is 4.30.